The zero-order chi connectivity index (χ0) is 18.0. The maximum atomic E-state index is 12.4. The Morgan fingerprint density at radius 3 is 2.52 bits per heavy atom. The molecule has 0 bridgehead atoms. The van der Waals surface area contributed by atoms with Gasteiger partial charge in [0, 0.05) is 25.8 Å². The number of aromatic nitrogens is 4. The largest absolute Gasteiger partial charge is 0.508 e. The van der Waals surface area contributed by atoms with Crippen molar-refractivity contribution in [1.82, 2.24) is 19.1 Å². The van der Waals surface area contributed by atoms with Gasteiger partial charge in [-0.15, -0.1) is 0 Å². The smallest absolute Gasteiger partial charge is 0.330 e. The number of imidazole rings is 1. The Morgan fingerprint density at radius 1 is 1.16 bits per heavy atom. The molecule has 2 N–H and O–H groups in total. The summed E-state index contributed by atoms with van der Waals surface area (Å²) >= 11 is 0. The first-order valence-corrected chi connectivity index (χ1v) is 8.08. The minimum Gasteiger partial charge on any atom is -0.508 e. The van der Waals surface area contributed by atoms with Crippen LogP contribution in [0.1, 0.15) is 13.3 Å². The number of nitrogens with zero attached hydrogens (tertiary/aromatic N) is 3. The van der Waals surface area contributed by atoms with Gasteiger partial charge in [-0.25, -0.2) is 9.78 Å². The van der Waals surface area contributed by atoms with E-state index in [0.717, 1.165) is 12.0 Å². The highest BCUT2D eigenvalue weighted by atomic mass is 16.5. The van der Waals surface area contributed by atoms with Crippen molar-refractivity contribution in [2.24, 2.45) is 0 Å². The Kier molecular flexibility index (Phi) is 4.71. The summed E-state index contributed by atoms with van der Waals surface area (Å²) in [7, 11) is 1.58. The fraction of sp³-hybridized carbons (Fsp3) is 0.353. The predicted octanol–water partition coefficient (Wildman–Crippen LogP) is 1.32. The normalized spacial score (nSPS) is 11.3. The number of phenolic OH excluding ortho intramolecular Hbond substituents is 1. The second-order valence-electron chi connectivity index (χ2n) is 5.71. The van der Waals surface area contributed by atoms with Crippen LogP contribution in [0.25, 0.3) is 22.6 Å². The van der Waals surface area contributed by atoms with Crippen LogP contribution in [-0.2, 0) is 17.8 Å². The fourth-order valence-electron chi connectivity index (χ4n) is 2.83. The number of nitrogens with one attached hydrogen (secondary N) is 1. The molecule has 8 heteroatoms. The molecule has 0 spiro atoms. The molecule has 132 valence electrons. The van der Waals surface area contributed by atoms with Gasteiger partial charge in [-0.2, -0.15) is 0 Å². The van der Waals surface area contributed by atoms with E-state index in [0.29, 0.717) is 36.7 Å². The number of methoxy groups -OCH3 is 1. The molecular weight excluding hydrogens is 324 g/mol. The van der Waals surface area contributed by atoms with E-state index in [1.54, 1.807) is 35.9 Å². The Morgan fingerprint density at radius 2 is 1.88 bits per heavy atom. The number of benzene rings is 1. The van der Waals surface area contributed by atoms with E-state index < -0.39 is 11.2 Å². The lowest BCUT2D eigenvalue weighted by Gasteiger charge is -2.08. The molecule has 0 saturated heterocycles. The Labute approximate surface area is 143 Å². The van der Waals surface area contributed by atoms with Gasteiger partial charge >= 0.3 is 5.69 Å². The molecule has 8 nitrogen and oxygen atoms in total. The van der Waals surface area contributed by atoms with Crippen molar-refractivity contribution in [3.05, 3.63) is 45.1 Å². The molecule has 0 fully saturated rings. The second kappa shape index (κ2) is 6.94. The molecule has 2 aromatic heterocycles. The van der Waals surface area contributed by atoms with E-state index in [1.165, 1.54) is 4.57 Å². The highest BCUT2D eigenvalue weighted by Gasteiger charge is 2.19. The van der Waals surface area contributed by atoms with Crippen LogP contribution in [0.4, 0.5) is 0 Å². The van der Waals surface area contributed by atoms with Gasteiger partial charge in [-0.1, -0.05) is 6.92 Å². The Hall–Kier alpha value is -2.87. The first-order chi connectivity index (χ1) is 12.1. The molecule has 3 rings (SSSR count). The van der Waals surface area contributed by atoms with E-state index in [1.807, 2.05) is 6.92 Å². The summed E-state index contributed by atoms with van der Waals surface area (Å²) in [6, 6.07) is 6.55. The standard InChI is InChI=1S/C17H20N4O4/c1-3-8-21-15-13(16(23)19-17(21)24)20(9-10-25-2)14(18-15)11-4-6-12(22)7-5-11/h4-7,22H,3,8-10H2,1-2H3,(H,19,23,24). The zero-order valence-electron chi connectivity index (χ0n) is 14.2. The number of ether oxygens (including phenoxy) is 1. The number of rotatable bonds is 6. The van der Waals surface area contributed by atoms with E-state index in [-0.39, 0.29) is 5.75 Å². The maximum absolute atomic E-state index is 12.4. The van der Waals surface area contributed by atoms with Crippen molar-refractivity contribution >= 4 is 11.2 Å². The lowest BCUT2D eigenvalue weighted by atomic mass is 10.2. The second-order valence-corrected chi connectivity index (χ2v) is 5.71. The van der Waals surface area contributed by atoms with Crippen molar-refractivity contribution in [3.8, 4) is 17.1 Å². The van der Waals surface area contributed by atoms with Crippen molar-refractivity contribution in [3.63, 3.8) is 0 Å². The quantitative estimate of drug-likeness (QED) is 0.702. The van der Waals surface area contributed by atoms with Gasteiger partial charge in [0.1, 0.15) is 11.6 Å². The summed E-state index contributed by atoms with van der Waals surface area (Å²) in [5.74, 6) is 0.692. The van der Waals surface area contributed by atoms with Gasteiger partial charge in [0.05, 0.1) is 6.61 Å². The van der Waals surface area contributed by atoms with E-state index >= 15 is 0 Å². The average Bonchev–Trinajstić information content (AvgIpc) is 2.97. The molecule has 1 aromatic carbocycles. The molecule has 2 heterocycles. The first kappa shape index (κ1) is 17.0. The number of phenols is 1. The van der Waals surface area contributed by atoms with Gasteiger partial charge in [0.15, 0.2) is 11.2 Å². The lowest BCUT2D eigenvalue weighted by molar-refractivity contribution is 0.188. The third kappa shape index (κ3) is 3.08. The number of aryl methyl sites for hydroxylation is 1. The predicted molar refractivity (Wildman–Crippen MR) is 93.9 cm³/mol. The molecular formula is C17H20N4O4. The number of aromatic amines is 1. The summed E-state index contributed by atoms with van der Waals surface area (Å²) < 4.78 is 8.37. The minimum atomic E-state index is -0.471. The van der Waals surface area contributed by atoms with Crippen molar-refractivity contribution in [2.75, 3.05) is 13.7 Å². The van der Waals surface area contributed by atoms with Crippen molar-refractivity contribution in [1.29, 1.82) is 0 Å². The summed E-state index contributed by atoms with van der Waals surface area (Å²) in [4.78, 5) is 31.5. The number of H-pyrrole nitrogens is 1. The van der Waals surface area contributed by atoms with Crippen LogP contribution in [0, 0.1) is 0 Å². The van der Waals surface area contributed by atoms with Crippen LogP contribution in [0.2, 0.25) is 0 Å². The van der Waals surface area contributed by atoms with E-state index in [4.69, 9.17) is 4.74 Å². The molecule has 0 unspecified atom stereocenters. The monoisotopic (exact) mass is 344 g/mol. The van der Waals surface area contributed by atoms with Gasteiger partial charge in [-0.3, -0.25) is 14.3 Å². The van der Waals surface area contributed by atoms with Crippen LogP contribution < -0.4 is 11.2 Å². The SMILES string of the molecule is CCCn1c(=O)[nH]c(=O)c2c1nc(-c1ccc(O)cc1)n2CCOC. The van der Waals surface area contributed by atoms with Gasteiger partial charge in [0.2, 0.25) is 0 Å². The van der Waals surface area contributed by atoms with E-state index in [9.17, 15) is 14.7 Å². The molecule has 0 radical (unpaired) electrons. The van der Waals surface area contributed by atoms with Crippen LogP contribution in [0.15, 0.2) is 33.9 Å². The maximum Gasteiger partial charge on any atom is 0.330 e. The van der Waals surface area contributed by atoms with Gasteiger partial charge < -0.3 is 14.4 Å². The van der Waals surface area contributed by atoms with Gasteiger partial charge in [-0.05, 0) is 30.7 Å². The topological polar surface area (TPSA) is 102 Å². The third-order valence-corrected chi connectivity index (χ3v) is 3.98. The zero-order valence-corrected chi connectivity index (χ0v) is 14.2. The summed E-state index contributed by atoms with van der Waals surface area (Å²) in [5.41, 5.74) is 0.497. The molecule has 0 aliphatic heterocycles. The van der Waals surface area contributed by atoms with E-state index in [2.05, 4.69) is 9.97 Å². The molecule has 3 aromatic rings. The summed E-state index contributed by atoms with van der Waals surface area (Å²) in [5, 5.41) is 9.50. The van der Waals surface area contributed by atoms with Crippen molar-refractivity contribution < 1.29 is 9.84 Å². The molecule has 0 saturated carbocycles. The van der Waals surface area contributed by atoms with Crippen LogP contribution >= 0.6 is 0 Å². The fourth-order valence-corrected chi connectivity index (χ4v) is 2.83. The first-order valence-electron chi connectivity index (χ1n) is 8.08. The molecule has 0 aliphatic rings. The number of fused-ring (bicyclic) bond motifs is 1. The van der Waals surface area contributed by atoms with Crippen LogP contribution in [-0.4, -0.2) is 37.9 Å². The highest BCUT2D eigenvalue weighted by Crippen LogP contribution is 2.24. The lowest BCUT2D eigenvalue weighted by Crippen LogP contribution is -2.31. The third-order valence-electron chi connectivity index (χ3n) is 3.98. The highest BCUT2D eigenvalue weighted by molar-refractivity contribution is 5.77. The minimum absolute atomic E-state index is 0.143. The summed E-state index contributed by atoms with van der Waals surface area (Å²) in [6.45, 7) is 3.22. The number of hydrogen-bond acceptors (Lipinski definition) is 5. The Bertz CT molecular complexity index is 998. The molecule has 25 heavy (non-hydrogen) atoms. The van der Waals surface area contributed by atoms with Gasteiger partial charge in [0.25, 0.3) is 5.56 Å². The van der Waals surface area contributed by atoms with Crippen LogP contribution in [0.5, 0.6) is 5.75 Å². The average molecular weight is 344 g/mol. The molecule has 0 aliphatic carbocycles. The number of aromatic hydroxyl groups is 1. The molecule has 0 atom stereocenters. The van der Waals surface area contributed by atoms with Crippen LogP contribution in [0.3, 0.4) is 0 Å². The molecule has 0 amide bonds. The number of hydrogen-bond donors (Lipinski definition) is 2. The van der Waals surface area contributed by atoms with Crippen molar-refractivity contribution in [2.45, 2.75) is 26.4 Å². The Balaban J connectivity index is 2.33. The summed E-state index contributed by atoms with van der Waals surface area (Å²) in [6.07, 6.45) is 0.737.